The van der Waals surface area contributed by atoms with Gasteiger partial charge in [0.2, 0.25) is 0 Å². The summed E-state index contributed by atoms with van der Waals surface area (Å²) in [6.07, 6.45) is 0. The third kappa shape index (κ3) is 4.23. The van der Waals surface area contributed by atoms with Crippen LogP contribution in [0, 0.1) is 0 Å². The molecule has 0 fully saturated rings. The Morgan fingerprint density at radius 3 is 1.92 bits per heavy atom. The Morgan fingerprint density at radius 1 is 0.640 bits per heavy atom. The highest BCUT2D eigenvalue weighted by atomic mass is 16.5. The molecule has 0 saturated heterocycles. The van der Waals surface area contributed by atoms with E-state index in [4.69, 9.17) is 4.74 Å². The molecule has 124 valence electrons. The second-order valence-electron chi connectivity index (χ2n) is 5.19. The quantitative estimate of drug-likeness (QED) is 0.718. The molecule has 5 heteroatoms. The van der Waals surface area contributed by atoms with Crippen LogP contribution in [0.4, 0.5) is 0 Å². The van der Waals surface area contributed by atoms with Gasteiger partial charge in [0.25, 0.3) is 11.8 Å². The first-order valence-corrected chi connectivity index (χ1v) is 7.72. The Kier molecular flexibility index (Phi) is 5.07. The summed E-state index contributed by atoms with van der Waals surface area (Å²) in [4.78, 5) is 24.4. The molecule has 0 aliphatic carbocycles. The minimum Gasteiger partial charge on any atom is -0.457 e. The van der Waals surface area contributed by atoms with Crippen molar-refractivity contribution in [3.63, 3.8) is 0 Å². The fourth-order valence-electron chi connectivity index (χ4n) is 2.20. The summed E-state index contributed by atoms with van der Waals surface area (Å²) in [5.74, 6) is 0.169. The van der Waals surface area contributed by atoms with Crippen molar-refractivity contribution < 1.29 is 14.3 Å². The highest BCUT2D eigenvalue weighted by Gasteiger charge is 2.14. The lowest BCUT2D eigenvalue weighted by molar-refractivity contribution is 0.0845. The van der Waals surface area contributed by atoms with E-state index in [1.54, 1.807) is 60.7 Å². The molecule has 0 bridgehead atoms. The maximum Gasteiger partial charge on any atom is 0.273 e. The SMILES string of the molecule is O=C(NNC(=O)c1ccccc1Oc1ccccc1)c1ccccc1. The molecule has 25 heavy (non-hydrogen) atoms. The van der Waals surface area contributed by atoms with Gasteiger partial charge in [-0.1, -0.05) is 48.5 Å². The number of hydrogen-bond donors (Lipinski definition) is 2. The first kappa shape index (κ1) is 16.3. The molecule has 2 amide bonds. The Balaban J connectivity index is 1.69. The molecule has 0 atom stereocenters. The van der Waals surface area contributed by atoms with Crippen LogP contribution in [0.3, 0.4) is 0 Å². The molecule has 0 aliphatic heterocycles. The van der Waals surface area contributed by atoms with Gasteiger partial charge in [-0.25, -0.2) is 0 Å². The highest BCUT2D eigenvalue weighted by molar-refractivity contribution is 6.00. The van der Waals surface area contributed by atoms with Crippen molar-refractivity contribution in [2.24, 2.45) is 0 Å². The fourth-order valence-corrected chi connectivity index (χ4v) is 2.20. The van der Waals surface area contributed by atoms with E-state index in [9.17, 15) is 9.59 Å². The first-order chi connectivity index (χ1) is 12.2. The van der Waals surface area contributed by atoms with E-state index in [0.717, 1.165) is 0 Å². The molecule has 3 aromatic rings. The lowest BCUT2D eigenvalue weighted by Crippen LogP contribution is -2.41. The van der Waals surface area contributed by atoms with Gasteiger partial charge in [0.15, 0.2) is 0 Å². The van der Waals surface area contributed by atoms with Crippen molar-refractivity contribution in [3.05, 3.63) is 96.1 Å². The summed E-state index contributed by atoms with van der Waals surface area (Å²) in [5, 5.41) is 0. The van der Waals surface area contributed by atoms with Crippen molar-refractivity contribution in [2.75, 3.05) is 0 Å². The average Bonchev–Trinajstić information content (AvgIpc) is 2.68. The zero-order chi connectivity index (χ0) is 17.5. The van der Waals surface area contributed by atoms with E-state index in [2.05, 4.69) is 10.9 Å². The van der Waals surface area contributed by atoms with E-state index in [1.165, 1.54) is 0 Å². The average molecular weight is 332 g/mol. The van der Waals surface area contributed by atoms with Crippen molar-refractivity contribution in [3.8, 4) is 11.5 Å². The van der Waals surface area contributed by atoms with E-state index in [-0.39, 0.29) is 0 Å². The molecule has 3 rings (SSSR count). The highest BCUT2D eigenvalue weighted by Crippen LogP contribution is 2.24. The van der Waals surface area contributed by atoms with Crippen molar-refractivity contribution >= 4 is 11.8 Å². The molecule has 2 N–H and O–H groups in total. The fraction of sp³-hybridized carbons (Fsp3) is 0. The molecule has 0 radical (unpaired) electrons. The number of rotatable bonds is 4. The molecule has 0 spiro atoms. The third-order valence-electron chi connectivity index (χ3n) is 3.43. The maximum atomic E-state index is 12.4. The van der Waals surface area contributed by atoms with Gasteiger partial charge in [-0.2, -0.15) is 0 Å². The predicted octanol–water partition coefficient (Wildman–Crippen LogP) is 3.55. The lowest BCUT2D eigenvalue weighted by Gasteiger charge is -2.12. The van der Waals surface area contributed by atoms with Gasteiger partial charge < -0.3 is 4.74 Å². The van der Waals surface area contributed by atoms with Gasteiger partial charge in [0.1, 0.15) is 11.5 Å². The summed E-state index contributed by atoms with van der Waals surface area (Å²) in [6.45, 7) is 0. The third-order valence-corrected chi connectivity index (χ3v) is 3.43. The number of amides is 2. The van der Waals surface area contributed by atoms with Crippen LogP contribution in [0.5, 0.6) is 11.5 Å². The van der Waals surface area contributed by atoms with Gasteiger partial charge in [-0.3, -0.25) is 20.4 Å². The van der Waals surface area contributed by atoms with Gasteiger partial charge >= 0.3 is 0 Å². The summed E-state index contributed by atoms with van der Waals surface area (Å²) in [7, 11) is 0. The summed E-state index contributed by atoms with van der Waals surface area (Å²) < 4.78 is 5.75. The van der Waals surface area contributed by atoms with Gasteiger partial charge in [-0.05, 0) is 36.4 Å². The number of carbonyl (C=O) groups is 2. The van der Waals surface area contributed by atoms with Crippen LogP contribution < -0.4 is 15.6 Å². The van der Waals surface area contributed by atoms with Crippen LogP contribution >= 0.6 is 0 Å². The minimum absolute atomic E-state index is 0.319. The lowest BCUT2D eigenvalue weighted by atomic mass is 10.2. The molecular formula is C20H16N2O3. The normalized spacial score (nSPS) is 9.92. The van der Waals surface area contributed by atoms with Crippen LogP contribution in [0.2, 0.25) is 0 Å². The first-order valence-electron chi connectivity index (χ1n) is 7.72. The molecule has 0 aliphatic rings. The molecule has 0 aromatic heterocycles. The number of benzene rings is 3. The number of nitrogens with one attached hydrogen (secondary N) is 2. The minimum atomic E-state index is -0.462. The maximum absolute atomic E-state index is 12.4. The number of ether oxygens (including phenoxy) is 1. The number of carbonyl (C=O) groups excluding carboxylic acids is 2. The van der Waals surface area contributed by atoms with Crippen molar-refractivity contribution in [2.45, 2.75) is 0 Å². The zero-order valence-electron chi connectivity index (χ0n) is 13.3. The Morgan fingerprint density at radius 2 is 1.20 bits per heavy atom. The smallest absolute Gasteiger partial charge is 0.273 e. The van der Waals surface area contributed by atoms with E-state index < -0.39 is 11.8 Å². The van der Waals surface area contributed by atoms with Gasteiger partial charge in [0.05, 0.1) is 5.56 Å². The van der Waals surface area contributed by atoms with Crippen LogP contribution in [0.25, 0.3) is 0 Å². The Bertz CT molecular complexity index is 864. The summed E-state index contributed by atoms with van der Waals surface area (Å²) in [5.41, 5.74) is 5.57. The Labute approximate surface area is 145 Å². The van der Waals surface area contributed by atoms with Crippen molar-refractivity contribution in [1.82, 2.24) is 10.9 Å². The molecule has 0 unspecified atom stereocenters. The van der Waals surface area contributed by atoms with Crippen LogP contribution in [0.15, 0.2) is 84.9 Å². The molecule has 5 nitrogen and oxygen atoms in total. The van der Waals surface area contributed by atoms with E-state index >= 15 is 0 Å². The topological polar surface area (TPSA) is 67.4 Å². The molecule has 3 aromatic carbocycles. The number of hydrogen-bond acceptors (Lipinski definition) is 3. The number of para-hydroxylation sites is 2. The second kappa shape index (κ2) is 7.79. The largest absolute Gasteiger partial charge is 0.457 e. The van der Waals surface area contributed by atoms with Crippen LogP contribution in [-0.2, 0) is 0 Å². The standard InChI is InChI=1S/C20H16N2O3/c23-19(15-9-3-1-4-10-15)21-22-20(24)17-13-7-8-14-18(17)25-16-11-5-2-6-12-16/h1-14H,(H,21,23)(H,22,24). The summed E-state index contributed by atoms with van der Waals surface area (Å²) >= 11 is 0. The second-order valence-corrected chi connectivity index (χ2v) is 5.19. The molecule has 0 heterocycles. The zero-order valence-corrected chi connectivity index (χ0v) is 13.3. The number of hydrazine groups is 1. The predicted molar refractivity (Wildman–Crippen MR) is 94.3 cm³/mol. The molecular weight excluding hydrogens is 316 g/mol. The van der Waals surface area contributed by atoms with Crippen LogP contribution in [0.1, 0.15) is 20.7 Å². The summed E-state index contributed by atoms with van der Waals surface area (Å²) in [6, 6.07) is 24.6. The van der Waals surface area contributed by atoms with Crippen LogP contribution in [-0.4, -0.2) is 11.8 Å². The Hall–Kier alpha value is -3.60. The molecule has 0 saturated carbocycles. The van der Waals surface area contributed by atoms with E-state index in [0.29, 0.717) is 22.6 Å². The van der Waals surface area contributed by atoms with Gasteiger partial charge in [0, 0.05) is 5.56 Å². The monoisotopic (exact) mass is 332 g/mol. The van der Waals surface area contributed by atoms with Crippen molar-refractivity contribution in [1.29, 1.82) is 0 Å². The van der Waals surface area contributed by atoms with Gasteiger partial charge in [-0.15, -0.1) is 0 Å². The van der Waals surface area contributed by atoms with E-state index in [1.807, 2.05) is 24.3 Å².